The van der Waals surface area contributed by atoms with E-state index >= 15 is 0 Å². The SMILES string of the molecule is c1ccc2c(c1)ccc1cccc(N(c3ccc4cc5c(cc4c3)oc3ccc4oc6cc7cc(N(c8cccc9ccc%10ccccc%10c89)c8cccc9ccc%10ccccc%10c89)ccc7cc6c4c35)c3cccc4ccc5ccccc5c34)c12. The normalized spacial score (nSPS) is 12.2. The van der Waals surface area contributed by atoms with Gasteiger partial charge in [0.2, 0.25) is 0 Å². The van der Waals surface area contributed by atoms with Crippen LogP contribution in [0.25, 0.3) is 152 Å². The first-order valence-electron chi connectivity index (χ1n) is 29.5. The van der Waals surface area contributed by atoms with Crippen LogP contribution >= 0.6 is 0 Å². The molecule has 0 aliphatic heterocycles. The van der Waals surface area contributed by atoms with Crippen LogP contribution in [0.4, 0.5) is 34.1 Å². The fourth-order valence-electron chi connectivity index (χ4n) is 14.6. The summed E-state index contributed by atoms with van der Waals surface area (Å²) in [5, 5.41) is 28.0. The zero-order valence-corrected chi connectivity index (χ0v) is 46.4. The maximum Gasteiger partial charge on any atom is 0.136 e. The summed E-state index contributed by atoms with van der Waals surface area (Å²) in [6.45, 7) is 0. The molecule has 0 saturated carbocycles. The van der Waals surface area contributed by atoms with Gasteiger partial charge < -0.3 is 18.6 Å². The molecular weight excluding hydrogens is 1040 g/mol. The van der Waals surface area contributed by atoms with Crippen molar-refractivity contribution in [3.05, 3.63) is 291 Å². The lowest BCUT2D eigenvalue weighted by atomic mass is 9.96. The number of hydrogen-bond acceptors (Lipinski definition) is 4. The van der Waals surface area contributed by atoms with Crippen molar-refractivity contribution in [3.63, 3.8) is 0 Å². The topological polar surface area (TPSA) is 32.8 Å². The van der Waals surface area contributed by atoms with Gasteiger partial charge in [0.15, 0.2) is 0 Å². The molecular formula is C82H48N2O2. The third kappa shape index (κ3) is 6.93. The van der Waals surface area contributed by atoms with Gasteiger partial charge in [-0.05, 0) is 171 Å². The molecule has 0 spiro atoms. The molecule has 4 nitrogen and oxygen atoms in total. The van der Waals surface area contributed by atoms with Crippen molar-refractivity contribution >= 4 is 186 Å². The minimum absolute atomic E-state index is 0.828. The molecule has 86 heavy (non-hydrogen) atoms. The molecule has 398 valence electrons. The average Bonchev–Trinajstić information content (AvgIpc) is 2.15. The zero-order valence-electron chi connectivity index (χ0n) is 46.4. The molecule has 17 aromatic carbocycles. The van der Waals surface area contributed by atoms with E-state index < -0.39 is 0 Å². The lowest BCUT2D eigenvalue weighted by molar-refractivity contribution is 0.663. The molecule has 4 heteroatoms. The highest BCUT2D eigenvalue weighted by Crippen LogP contribution is 2.50. The van der Waals surface area contributed by atoms with Crippen molar-refractivity contribution in [1.29, 1.82) is 0 Å². The van der Waals surface area contributed by atoms with E-state index in [2.05, 4.69) is 301 Å². The maximum atomic E-state index is 6.94. The molecule has 0 amide bonds. The van der Waals surface area contributed by atoms with Crippen LogP contribution in [-0.4, -0.2) is 0 Å². The Morgan fingerprint density at radius 1 is 0.174 bits per heavy atom. The number of benzene rings is 17. The van der Waals surface area contributed by atoms with E-state index in [-0.39, 0.29) is 0 Å². The lowest BCUT2D eigenvalue weighted by Crippen LogP contribution is -2.11. The quantitative estimate of drug-likeness (QED) is 0.155. The van der Waals surface area contributed by atoms with Crippen molar-refractivity contribution in [2.75, 3.05) is 9.80 Å². The van der Waals surface area contributed by atoms with Gasteiger partial charge in [-0.15, -0.1) is 0 Å². The highest BCUT2D eigenvalue weighted by atomic mass is 16.3. The molecule has 2 heterocycles. The van der Waals surface area contributed by atoms with E-state index in [1.807, 2.05) is 0 Å². The van der Waals surface area contributed by atoms with E-state index in [4.69, 9.17) is 8.83 Å². The smallest absolute Gasteiger partial charge is 0.136 e. The Kier molecular flexibility index (Phi) is 9.86. The van der Waals surface area contributed by atoms with Crippen molar-refractivity contribution < 1.29 is 8.83 Å². The summed E-state index contributed by atoms with van der Waals surface area (Å²) in [4.78, 5) is 4.96. The lowest BCUT2D eigenvalue weighted by Gasteiger charge is -2.29. The largest absolute Gasteiger partial charge is 0.456 e. The van der Waals surface area contributed by atoms with Crippen LogP contribution in [0.3, 0.4) is 0 Å². The van der Waals surface area contributed by atoms with E-state index in [9.17, 15) is 0 Å². The molecule has 0 saturated heterocycles. The Balaban J connectivity index is 0.788. The predicted molar refractivity (Wildman–Crippen MR) is 365 cm³/mol. The van der Waals surface area contributed by atoms with Crippen LogP contribution in [0.15, 0.2) is 300 Å². The standard InChI is InChI=1S/C82H48N2O2/c1-5-21-63-49(13-1)29-33-53-17-9-25-69(77(53)63)83(70-26-10-18-54-34-30-50-14-2-6-22-64(50)78(54)70)61-39-37-57-45-67-75(47-59(57)43-61)85-73-41-42-74-82(81(67)73)68-46-58-38-40-62(44-60(58)48-76(68)86-74)84(71-27-11-19-55-35-31-51-15-3-7-23-65(51)79(55)71)72-28-12-20-56-36-32-52-16-4-8-24-66(52)80(56)72/h1-48H. The molecule has 0 aliphatic rings. The number of anilines is 6. The molecule has 2 aromatic heterocycles. The fourth-order valence-corrected chi connectivity index (χ4v) is 14.6. The van der Waals surface area contributed by atoms with Crippen molar-refractivity contribution in [3.8, 4) is 0 Å². The average molecular weight is 1090 g/mol. The monoisotopic (exact) mass is 1090 g/mol. The van der Waals surface area contributed by atoms with E-state index in [0.29, 0.717) is 0 Å². The van der Waals surface area contributed by atoms with Crippen molar-refractivity contribution in [1.82, 2.24) is 0 Å². The Morgan fingerprint density at radius 2 is 0.465 bits per heavy atom. The van der Waals surface area contributed by atoms with Crippen molar-refractivity contribution in [2.45, 2.75) is 0 Å². The first kappa shape index (κ1) is 47.1. The van der Waals surface area contributed by atoms with Gasteiger partial charge >= 0.3 is 0 Å². The van der Waals surface area contributed by atoms with Gasteiger partial charge in [0.25, 0.3) is 0 Å². The van der Waals surface area contributed by atoms with E-state index in [1.54, 1.807) is 0 Å². The van der Waals surface area contributed by atoms with Crippen LogP contribution < -0.4 is 9.80 Å². The second kappa shape index (κ2) is 18.0. The first-order chi connectivity index (χ1) is 42.6. The van der Waals surface area contributed by atoms with Crippen molar-refractivity contribution in [2.24, 2.45) is 0 Å². The molecule has 0 bridgehead atoms. The molecule has 0 unspecified atom stereocenters. The molecule has 0 N–H and O–H groups in total. The molecule has 19 rings (SSSR count). The second-order valence-electron chi connectivity index (χ2n) is 23.1. The summed E-state index contributed by atoms with van der Waals surface area (Å²) >= 11 is 0. The van der Waals surface area contributed by atoms with Gasteiger partial charge in [-0.3, -0.25) is 0 Å². The van der Waals surface area contributed by atoms with Gasteiger partial charge in [-0.2, -0.15) is 0 Å². The number of nitrogens with zero attached hydrogens (tertiary/aromatic N) is 2. The van der Waals surface area contributed by atoms with E-state index in [1.165, 1.54) is 86.2 Å². The molecule has 0 aliphatic carbocycles. The highest BCUT2D eigenvalue weighted by Gasteiger charge is 2.25. The summed E-state index contributed by atoms with van der Waals surface area (Å²) in [6, 6.07) is 107. The number of rotatable bonds is 6. The minimum Gasteiger partial charge on any atom is -0.456 e. The molecule has 0 radical (unpaired) electrons. The van der Waals surface area contributed by atoms with Gasteiger partial charge in [0, 0.05) is 54.5 Å². The third-order valence-electron chi connectivity index (χ3n) is 18.4. The number of furan rings is 2. The third-order valence-corrected chi connectivity index (χ3v) is 18.4. The molecule has 0 atom stereocenters. The van der Waals surface area contributed by atoms with Crippen LogP contribution in [0.5, 0.6) is 0 Å². The van der Waals surface area contributed by atoms with Gasteiger partial charge in [-0.1, -0.05) is 206 Å². The van der Waals surface area contributed by atoms with Gasteiger partial charge in [0.05, 0.1) is 22.7 Å². The molecule has 19 aromatic rings. The Morgan fingerprint density at radius 3 is 0.802 bits per heavy atom. The van der Waals surface area contributed by atoms with Crippen LogP contribution in [0.1, 0.15) is 0 Å². The fraction of sp³-hybridized carbons (Fsp3) is 0. The number of hydrogen-bond donors (Lipinski definition) is 0. The Labute approximate surface area is 492 Å². The second-order valence-corrected chi connectivity index (χ2v) is 23.1. The summed E-state index contributed by atoms with van der Waals surface area (Å²) in [7, 11) is 0. The molecule has 0 fully saturated rings. The highest BCUT2D eigenvalue weighted by molar-refractivity contribution is 6.29. The van der Waals surface area contributed by atoms with Crippen LogP contribution in [-0.2, 0) is 0 Å². The summed E-state index contributed by atoms with van der Waals surface area (Å²) in [5.74, 6) is 0. The Hall–Kier alpha value is -11.5. The van der Waals surface area contributed by atoms with Crippen LogP contribution in [0, 0.1) is 0 Å². The summed E-state index contributed by atoms with van der Waals surface area (Å²) in [5.41, 5.74) is 9.93. The van der Waals surface area contributed by atoms with E-state index in [0.717, 1.165) is 99.5 Å². The summed E-state index contributed by atoms with van der Waals surface area (Å²) in [6.07, 6.45) is 0. The maximum absolute atomic E-state index is 6.94. The van der Waals surface area contributed by atoms with Crippen LogP contribution in [0.2, 0.25) is 0 Å². The minimum atomic E-state index is 0.828. The predicted octanol–water partition coefficient (Wildman–Crippen LogP) is 24.0. The Bertz CT molecular complexity index is 5520. The number of fused-ring (bicyclic) bond motifs is 21. The zero-order chi connectivity index (χ0) is 56.1. The van der Waals surface area contributed by atoms with Gasteiger partial charge in [-0.25, -0.2) is 0 Å². The first-order valence-corrected chi connectivity index (χ1v) is 29.5. The summed E-state index contributed by atoms with van der Waals surface area (Å²) < 4.78 is 13.9. The van der Waals surface area contributed by atoms with Gasteiger partial charge in [0.1, 0.15) is 22.3 Å².